The Hall–Kier alpha value is -2.87. The predicted molar refractivity (Wildman–Crippen MR) is 103 cm³/mol. The molecule has 0 saturated heterocycles. The number of ether oxygens (including phenoxy) is 1. The first-order valence-electron chi connectivity index (χ1n) is 8.33. The first-order chi connectivity index (χ1) is 12.7. The quantitative estimate of drug-likeness (QED) is 0.812. The SMILES string of the molecule is COC(=O)c1ccc(NC(=O)c2ccc3c(c2)C[C@@H](C)N3S(C)(=O)=O)cc1. The number of carbonyl (C=O) groups excluding carboxylic acids is 2. The number of nitrogens with zero attached hydrogens (tertiary/aromatic N) is 1. The highest BCUT2D eigenvalue weighted by Crippen LogP contribution is 2.34. The second-order valence-corrected chi connectivity index (χ2v) is 8.34. The van der Waals surface area contributed by atoms with E-state index in [1.807, 2.05) is 6.92 Å². The Labute approximate surface area is 158 Å². The van der Waals surface area contributed by atoms with Gasteiger partial charge in [-0.25, -0.2) is 13.2 Å². The van der Waals surface area contributed by atoms with Gasteiger partial charge in [0.15, 0.2) is 0 Å². The maximum absolute atomic E-state index is 12.5. The lowest BCUT2D eigenvalue weighted by atomic mass is 10.1. The number of carbonyl (C=O) groups is 2. The molecule has 2 aromatic rings. The Morgan fingerprint density at radius 2 is 1.74 bits per heavy atom. The van der Waals surface area contributed by atoms with Gasteiger partial charge in [0.05, 0.1) is 24.6 Å². The lowest BCUT2D eigenvalue weighted by Crippen LogP contribution is -2.34. The Morgan fingerprint density at radius 1 is 1.11 bits per heavy atom. The van der Waals surface area contributed by atoms with E-state index in [9.17, 15) is 18.0 Å². The molecule has 1 aliphatic heterocycles. The van der Waals surface area contributed by atoms with Gasteiger partial charge >= 0.3 is 5.97 Å². The molecule has 0 aliphatic carbocycles. The van der Waals surface area contributed by atoms with E-state index in [0.29, 0.717) is 28.9 Å². The molecule has 0 aromatic heterocycles. The van der Waals surface area contributed by atoms with Gasteiger partial charge in [-0.3, -0.25) is 9.10 Å². The first kappa shape index (κ1) is 18.9. The fraction of sp³-hybridized carbons (Fsp3) is 0.263. The molecule has 3 rings (SSSR count). The van der Waals surface area contributed by atoms with E-state index in [0.717, 1.165) is 5.56 Å². The second kappa shape index (κ2) is 7.03. The number of hydrogen-bond donors (Lipinski definition) is 1. The molecule has 142 valence electrons. The molecule has 27 heavy (non-hydrogen) atoms. The Morgan fingerprint density at radius 3 is 2.33 bits per heavy atom. The average molecular weight is 388 g/mol. The largest absolute Gasteiger partial charge is 0.465 e. The molecule has 1 atom stereocenters. The van der Waals surface area contributed by atoms with Crippen molar-refractivity contribution in [2.75, 3.05) is 23.0 Å². The molecule has 0 bridgehead atoms. The van der Waals surface area contributed by atoms with Crippen molar-refractivity contribution in [3.8, 4) is 0 Å². The monoisotopic (exact) mass is 388 g/mol. The van der Waals surface area contributed by atoms with Crippen LogP contribution < -0.4 is 9.62 Å². The number of rotatable bonds is 4. The first-order valence-corrected chi connectivity index (χ1v) is 10.2. The van der Waals surface area contributed by atoms with E-state index in [1.54, 1.807) is 42.5 Å². The standard InChI is InChI=1S/C19H20N2O5S/c1-12-10-15-11-14(6-9-17(15)21(12)27(3,24)25)18(22)20-16-7-4-13(5-8-16)19(23)26-2/h4-9,11-12H,10H2,1-3H3,(H,20,22)/t12-/m1/s1. The molecule has 7 nitrogen and oxygen atoms in total. The van der Waals surface area contributed by atoms with Crippen molar-refractivity contribution in [1.82, 2.24) is 0 Å². The molecule has 0 spiro atoms. The van der Waals surface area contributed by atoms with Gasteiger partial charge in [-0.05, 0) is 61.4 Å². The summed E-state index contributed by atoms with van der Waals surface area (Å²) in [4.78, 5) is 24.0. The summed E-state index contributed by atoms with van der Waals surface area (Å²) in [5, 5.41) is 2.76. The van der Waals surface area contributed by atoms with Gasteiger partial charge in [0.1, 0.15) is 0 Å². The van der Waals surface area contributed by atoms with E-state index < -0.39 is 16.0 Å². The molecular formula is C19H20N2O5S. The molecule has 1 aliphatic rings. The number of hydrogen-bond acceptors (Lipinski definition) is 5. The second-order valence-electron chi connectivity index (χ2n) is 6.48. The van der Waals surface area contributed by atoms with Crippen molar-refractivity contribution in [2.24, 2.45) is 0 Å². The summed E-state index contributed by atoms with van der Waals surface area (Å²) in [5.41, 5.74) is 2.81. The molecule has 0 radical (unpaired) electrons. The Bertz CT molecular complexity index is 999. The maximum Gasteiger partial charge on any atom is 0.337 e. The minimum Gasteiger partial charge on any atom is -0.465 e. The number of methoxy groups -OCH3 is 1. The number of nitrogens with one attached hydrogen (secondary N) is 1. The summed E-state index contributed by atoms with van der Waals surface area (Å²) >= 11 is 0. The van der Waals surface area contributed by atoms with Crippen LogP contribution in [0.5, 0.6) is 0 Å². The van der Waals surface area contributed by atoms with Crippen molar-refractivity contribution in [3.05, 3.63) is 59.2 Å². The fourth-order valence-corrected chi connectivity index (χ4v) is 4.52. The number of sulfonamides is 1. The topological polar surface area (TPSA) is 92.8 Å². The number of anilines is 2. The van der Waals surface area contributed by atoms with Crippen molar-refractivity contribution >= 4 is 33.3 Å². The van der Waals surface area contributed by atoms with Crippen molar-refractivity contribution in [2.45, 2.75) is 19.4 Å². The van der Waals surface area contributed by atoms with Gasteiger partial charge < -0.3 is 10.1 Å². The van der Waals surface area contributed by atoms with Crippen LogP contribution in [0.15, 0.2) is 42.5 Å². The zero-order valence-corrected chi connectivity index (χ0v) is 16.0. The predicted octanol–water partition coefficient (Wildman–Crippen LogP) is 2.44. The van der Waals surface area contributed by atoms with Crippen LogP contribution in [0.3, 0.4) is 0 Å². The van der Waals surface area contributed by atoms with E-state index in [2.05, 4.69) is 10.1 Å². The average Bonchev–Trinajstić information content (AvgIpc) is 2.96. The van der Waals surface area contributed by atoms with Crippen LogP contribution in [0.25, 0.3) is 0 Å². The zero-order valence-electron chi connectivity index (χ0n) is 15.2. The smallest absolute Gasteiger partial charge is 0.337 e. The molecular weight excluding hydrogens is 368 g/mol. The van der Waals surface area contributed by atoms with E-state index >= 15 is 0 Å². The maximum atomic E-state index is 12.5. The van der Waals surface area contributed by atoms with Gasteiger partial charge in [0.25, 0.3) is 5.91 Å². The molecule has 0 fully saturated rings. The summed E-state index contributed by atoms with van der Waals surface area (Å²) in [6.45, 7) is 1.84. The number of benzene rings is 2. The lowest BCUT2D eigenvalue weighted by Gasteiger charge is -2.21. The fourth-order valence-electron chi connectivity index (χ4n) is 3.26. The van der Waals surface area contributed by atoms with Crippen LogP contribution in [0, 0.1) is 0 Å². The van der Waals surface area contributed by atoms with Gasteiger partial charge in [0, 0.05) is 17.3 Å². The normalized spacial score (nSPS) is 16.0. The third-order valence-electron chi connectivity index (χ3n) is 4.42. The van der Waals surface area contributed by atoms with E-state index in [-0.39, 0.29) is 11.9 Å². The van der Waals surface area contributed by atoms with E-state index in [4.69, 9.17) is 0 Å². The van der Waals surface area contributed by atoms with Crippen LogP contribution >= 0.6 is 0 Å². The third kappa shape index (κ3) is 3.80. The van der Waals surface area contributed by atoms with Crippen molar-refractivity contribution in [3.63, 3.8) is 0 Å². The Balaban J connectivity index is 1.79. The molecule has 1 amide bonds. The number of esters is 1. The molecule has 8 heteroatoms. The minimum absolute atomic E-state index is 0.181. The highest BCUT2D eigenvalue weighted by Gasteiger charge is 2.32. The highest BCUT2D eigenvalue weighted by molar-refractivity contribution is 7.92. The number of fused-ring (bicyclic) bond motifs is 1. The van der Waals surface area contributed by atoms with Crippen molar-refractivity contribution < 1.29 is 22.7 Å². The summed E-state index contributed by atoms with van der Waals surface area (Å²) in [6, 6.07) is 11.2. The zero-order chi connectivity index (χ0) is 19.8. The summed E-state index contributed by atoms with van der Waals surface area (Å²) < 4.78 is 30.0. The lowest BCUT2D eigenvalue weighted by molar-refractivity contribution is 0.0600. The molecule has 0 saturated carbocycles. The Kier molecular flexibility index (Phi) is 4.93. The molecule has 1 heterocycles. The third-order valence-corrected chi connectivity index (χ3v) is 5.69. The van der Waals surface area contributed by atoms with Gasteiger partial charge in [-0.15, -0.1) is 0 Å². The van der Waals surface area contributed by atoms with Crippen molar-refractivity contribution in [1.29, 1.82) is 0 Å². The van der Waals surface area contributed by atoms with Gasteiger partial charge in [-0.1, -0.05) is 0 Å². The van der Waals surface area contributed by atoms with Crippen LogP contribution in [0.2, 0.25) is 0 Å². The summed E-state index contributed by atoms with van der Waals surface area (Å²) in [6.07, 6.45) is 1.73. The highest BCUT2D eigenvalue weighted by atomic mass is 32.2. The molecule has 1 N–H and O–H groups in total. The van der Waals surface area contributed by atoms with E-state index in [1.165, 1.54) is 17.7 Å². The van der Waals surface area contributed by atoms with Crippen LogP contribution in [-0.4, -0.2) is 39.7 Å². The minimum atomic E-state index is -3.37. The van der Waals surface area contributed by atoms with Crippen LogP contribution in [0.1, 0.15) is 33.2 Å². The van der Waals surface area contributed by atoms with Gasteiger partial charge in [-0.2, -0.15) is 0 Å². The molecule has 2 aromatic carbocycles. The van der Waals surface area contributed by atoms with Crippen LogP contribution in [-0.2, 0) is 21.2 Å². The molecule has 0 unspecified atom stereocenters. The van der Waals surface area contributed by atoms with Gasteiger partial charge in [0.2, 0.25) is 10.0 Å². The summed E-state index contributed by atoms with van der Waals surface area (Å²) in [7, 11) is -2.06. The summed E-state index contributed by atoms with van der Waals surface area (Å²) in [5.74, 6) is -0.759. The van der Waals surface area contributed by atoms with Crippen LogP contribution in [0.4, 0.5) is 11.4 Å². The number of amides is 1.